The average Bonchev–Trinajstić information content (AvgIpc) is 2.30. The minimum absolute atomic E-state index is 0.257. The minimum atomic E-state index is -1.03. The summed E-state index contributed by atoms with van der Waals surface area (Å²) in [4.78, 5) is 22.4. The third-order valence-electron chi connectivity index (χ3n) is 3.43. The zero-order chi connectivity index (χ0) is 14.1. The van der Waals surface area contributed by atoms with E-state index < -0.39 is 17.7 Å². The SMILES string of the molecule is CCCCCCCCCCC1(C)OC(=O)CC(=O)O1. The molecule has 0 bridgehead atoms. The van der Waals surface area contributed by atoms with E-state index in [4.69, 9.17) is 9.47 Å². The summed E-state index contributed by atoms with van der Waals surface area (Å²) < 4.78 is 10.2. The van der Waals surface area contributed by atoms with E-state index in [1.54, 1.807) is 6.92 Å². The molecule has 1 aliphatic heterocycles. The fourth-order valence-corrected chi connectivity index (χ4v) is 2.37. The van der Waals surface area contributed by atoms with Crippen LogP contribution >= 0.6 is 0 Å². The molecule has 0 aromatic carbocycles. The molecule has 0 aromatic rings. The number of unbranched alkanes of at least 4 members (excludes halogenated alkanes) is 7. The summed E-state index contributed by atoms with van der Waals surface area (Å²) in [5, 5.41) is 0. The lowest BCUT2D eigenvalue weighted by atomic mass is 10.0. The molecule has 0 amide bonds. The summed E-state index contributed by atoms with van der Waals surface area (Å²) >= 11 is 0. The van der Waals surface area contributed by atoms with Crippen molar-refractivity contribution in [3.05, 3.63) is 0 Å². The number of ether oxygens (including phenoxy) is 2. The fourth-order valence-electron chi connectivity index (χ4n) is 2.37. The molecule has 0 aliphatic carbocycles. The van der Waals surface area contributed by atoms with Crippen LogP contribution in [-0.4, -0.2) is 17.7 Å². The first kappa shape index (κ1) is 16.0. The van der Waals surface area contributed by atoms with Crippen molar-refractivity contribution < 1.29 is 19.1 Å². The Bertz CT molecular complexity index is 283. The predicted molar refractivity (Wildman–Crippen MR) is 72.4 cm³/mol. The first-order valence-electron chi connectivity index (χ1n) is 7.49. The number of hydrogen-bond acceptors (Lipinski definition) is 4. The Kier molecular flexibility index (Phi) is 6.89. The van der Waals surface area contributed by atoms with Crippen LogP contribution in [0.4, 0.5) is 0 Å². The summed E-state index contributed by atoms with van der Waals surface area (Å²) in [6, 6.07) is 0. The lowest BCUT2D eigenvalue weighted by molar-refractivity contribution is -0.239. The third kappa shape index (κ3) is 6.60. The zero-order valence-corrected chi connectivity index (χ0v) is 12.2. The van der Waals surface area contributed by atoms with Gasteiger partial charge in [0.1, 0.15) is 6.42 Å². The van der Waals surface area contributed by atoms with Gasteiger partial charge in [0.2, 0.25) is 0 Å². The molecule has 0 unspecified atom stereocenters. The highest BCUT2D eigenvalue weighted by Gasteiger charge is 2.38. The third-order valence-corrected chi connectivity index (χ3v) is 3.43. The van der Waals surface area contributed by atoms with Crippen molar-refractivity contribution in [2.24, 2.45) is 0 Å². The van der Waals surface area contributed by atoms with Crippen LogP contribution in [0.3, 0.4) is 0 Å². The molecule has 1 fully saturated rings. The predicted octanol–water partition coefficient (Wildman–Crippen LogP) is 3.72. The summed E-state index contributed by atoms with van der Waals surface area (Å²) in [6.07, 6.45) is 10.0. The Morgan fingerprint density at radius 1 is 0.895 bits per heavy atom. The van der Waals surface area contributed by atoms with E-state index in [1.165, 1.54) is 38.5 Å². The number of rotatable bonds is 9. The van der Waals surface area contributed by atoms with Gasteiger partial charge in [-0.05, 0) is 6.42 Å². The van der Waals surface area contributed by atoms with E-state index >= 15 is 0 Å². The van der Waals surface area contributed by atoms with Crippen LogP contribution in [0.25, 0.3) is 0 Å². The van der Waals surface area contributed by atoms with E-state index in [1.807, 2.05) is 0 Å². The molecule has 0 aromatic heterocycles. The molecule has 19 heavy (non-hydrogen) atoms. The Balaban J connectivity index is 2.08. The number of carbonyl (C=O) groups is 2. The van der Waals surface area contributed by atoms with Gasteiger partial charge >= 0.3 is 11.9 Å². The molecule has 0 atom stereocenters. The van der Waals surface area contributed by atoms with E-state index in [-0.39, 0.29) is 6.42 Å². The van der Waals surface area contributed by atoms with Gasteiger partial charge in [-0.3, -0.25) is 9.59 Å². The molecule has 0 N–H and O–H groups in total. The Morgan fingerprint density at radius 3 is 1.89 bits per heavy atom. The normalized spacial score (nSPS) is 18.0. The van der Waals surface area contributed by atoms with Crippen LogP contribution < -0.4 is 0 Å². The molecule has 0 spiro atoms. The summed E-state index contributed by atoms with van der Waals surface area (Å²) in [6.45, 7) is 3.89. The van der Waals surface area contributed by atoms with Gasteiger partial charge in [-0.1, -0.05) is 51.9 Å². The summed E-state index contributed by atoms with van der Waals surface area (Å²) in [5.74, 6) is -1.98. The second-order valence-electron chi connectivity index (χ2n) is 5.48. The van der Waals surface area contributed by atoms with Gasteiger partial charge in [0.15, 0.2) is 0 Å². The number of esters is 2. The second-order valence-corrected chi connectivity index (χ2v) is 5.48. The van der Waals surface area contributed by atoms with Crippen LogP contribution in [0.2, 0.25) is 0 Å². The van der Waals surface area contributed by atoms with Crippen molar-refractivity contribution in [2.75, 3.05) is 0 Å². The van der Waals surface area contributed by atoms with Gasteiger partial charge in [-0.15, -0.1) is 0 Å². The quantitative estimate of drug-likeness (QED) is 0.364. The molecule has 1 rings (SSSR count). The average molecular weight is 270 g/mol. The maximum atomic E-state index is 11.2. The van der Waals surface area contributed by atoms with Gasteiger partial charge in [-0.2, -0.15) is 0 Å². The molecular weight excluding hydrogens is 244 g/mol. The lowest BCUT2D eigenvalue weighted by Gasteiger charge is -2.32. The summed E-state index contributed by atoms with van der Waals surface area (Å²) in [5.41, 5.74) is 0. The maximum absolute atomic E-state index is 11.2. The molecule has 4 nitrogen and oxygen atoms in total. The molecule has 0 saturated carbocycles. The minimum Gasteiger partial charge on any atom is -0.422 e. The smallest absolute Gasteiger partial charge is 0.320 e. The molecule has 4 heteroatoms. The molecule has 1 aliphatic rings. The Hall–Kier alpha value is -1.06. The van der Waals surface area contributed by atoms with E-state index in [0.717, 1.165) is 12.8 Å². The van der Waals surface area contributed by atoms with Crippen molar-refractivity contribution >= 4 is 11.9 Å². The topological polar surface area (TPSA) is 52.6 Å². The van der Waals surface area contributed by atoms with Gasteiger partial charge < -0.3 is 9.47 Å². The Labute approximate surface area is 115 Å². The highest BCUT2D eigenvalue weighted by molar-refractivity contribution is 5.93. The largest absolute Gasteiger partial charge is 0.422 e. The fraction of sp³-hybridized carbons (Fsp3) is 0.867. The van der Waals surface area contributed by atoms with Crippen molar-refractivity contribution in [2.45, 2.75) is 83.8 Å². The van der Waals surface area contributed by atoms with Gasteiger partial charge in [0.05, 0.1) is 0 Å². The molecular formula is C15H26O4. The zero-order valence-electron chi connectivity index (χ0n) is 12.2. The van der Waals surface area contributed by atoms with Gasteiger partial charge in [-0.25, -0.2) is 0 Å². The van der Waals surface area contributed by atoms with Gasteiger partial charge in [0.25, 0.3) is 5.79 Å². The molecule has 1 heterocycles. The van der Waals surface area contributed by atoms with Crippen LogP contribution in [0.15, 0.2) is 0 Å². The lowest BCUT2D eigenvalue weighted by Crippen LogP contribution is -2.42. The van der Waals surface area contributed by atoms with Crippen molar-refractivity contribution in [3.63, 3.8) is 0 Å². The van der Waals surface area contributed by atoms with Crippen LogP contribution in [0, 0.1) is 0 Å². The van der Waals surface area contributed by atoms with Crippen molar-refractivity contribution in [1.82, 2.24) is 0 Å². The Morgan fingerprint density at radius 2 is 1.37 bits per heavy atom. The standard InChI is InChI=1S/C15H26O4/c1-3-4-5-6-7-8-9-10-11-15(2)18-13(16)12-14(17)19-15/h3-12H2,1-2H3. The van der Waals surface area contributed by atoms with Crippen molar-refractivity contribution in [3.8, 4) is 0 Å². The number of cyclic esters (lactones) is 2. The van der Waals surface area contributed by atoms with Crippen LogP contribution in [0.1, 0.15) is 78.1 Å². The monoisotopic (exact) mass is 270 g/mol. The van der Waals surface area contributed by atoms with Crippen LogP contribution in [0.5, 0.6) is 0 Å². The van der Waals surface area contributed by atoms with Crippen LogP contribution in [-0.2, 0) is 19.1 Å². The highest BCUT2D eigenvalue weighted by Crippen LogP contribution is 2.26. The number of carbonyl (C=O) groups excluding carboxylic acids is 2. The van der Waals surface area contributed by atoms with E-state index in [0.29, 0.717) is 6.42 Å². The molecule has 1 saturated heterocycles. The molecule has 110 valence electrons. The molecule has 0 radical (unpaired) electrons. The maximum Gasteiger partial charge on any atom is 0.320 e. The van der Waals surface area contributed by atoms with E-state index in [9.17, 15) is 9.59 Å². The number of hydrogen-bond donors (Lipinski definition) is 0. The highest BCUT2D eigenvalue weighted by atomic mass is 16.7. The first-order chi connectivity index (χ1) is 9.06. The summed E-state index contributed by atoms with van der Waals surface area (Å²) in [7, 11) is 0. The van der Waals surface area contributed by atoms with Gasteiger partial charge in [0, 0.05) is 13.3 Å². The second kappa shape index (κ2) is 8.18. The van der Waals surface area contributed by atoms with Crippen molar-refractivity contribution in [1.29, 1.82) is 0 Å². The van der Waals surface area contributed by atoms with E-state index in [2.05, 4.69) is 6.92 Å². The first-order valence-corrected chi connectivity index (χ1v) is 7.49.